The van der Waals surface area contributed by atoms with E-state index in [1.165, 1.54) is 70.6 Å². The first kappa shape index (κ1) is 31.4. The van der Waals surface area contributed by atoms with E-state index in [0.29, 0.717) is 12.5 Å². The van der Waals surface area contributed by atoms with Crippen molar-refractivity contribution in [1.82, 2.24) is 0 Å². The maximum Gasteiger partial charge on any atom is 1.00 e. The van der Waals surface area contributed by atoms with Crippen LogP contribution in [0.15, 0.2) is 11.6 Å². The van der Waals surface area contributed by atoms with Gasteiger partial charge < -0.3 is 19.8 Å². The molecule has 0 aliphatic heterocycles. The molecule has 0 heterocycles. The van der Waals surface area contributed by atoms with Crippen molar-refractivity contribution in [3.05, 3.63) is 11.6 Å². The molecule has 0 spiro atoms. The van der Waals surface area contributed by atoms with Gasteiger partial charge in [-0.05, 0) is 24.5 Å². The minimum atomic E-state index is -1.47. The fourth-order valence-corrected chi connectivity index (χ4v) is 2.89. The van der Waals surface area contributed by atoms with Crippen LogP contribution in [0.3, 0.4) is 0 Å². The normalized spacial score (nSPS) is 10.7. The second-order valence-electron chi connectivity index (χ2n) is 6.62. The second-order valence-corrected chi connectivity index (χ2v) is 6.62. The zero-order chi connectivity index (χ0) is 18.0. The first-order valence-corrected chi connectivity index (χ1v) is 9.70. The van der Waals surface area contributed by atoms with Crippen LogP contribution in [0.1, 0.15) is 103 Å². The van der Waals surface area contributed by atoms with Crippen LogP contribution in [0.5, 0.6) is 0 Å². The number of hydrogen-bond acceptors (Lipinski definition) is 4. The van der Waals surface area contributed by atoms with E-state index in [0.717, 1.165) is 12.8 Å². The Morgan fingerprint density at radius 3 is 1.31 bits per heavy atom. The van der Waals surface area contributed by atoms with Crippen molar-refractivity contribution in [2.24, 2.45) is 0 Å². The van der Waals surface area contributed by atoms with E-state index in [1.54, 1.807) is 0 Å². The monoisotopic (exact) mass is 384 g/mol. The number of carbonyl (C=O) groups excluding carboxylic acids is 2. The van der Waals surface area contributed by atoms with E-state index in [9.17, 15) is 19.8 Å². The largest absolute Gasteiger partial charge is 1.00 e. The number of aliphatic carboxylic acids is 2. The molecule has 0 aromatic rings. The van der Waals surface area contributed by atoms with Gasteiger partial charge in [0.05, 0.1) is 11.9 Å². The van der Waals surface area contributed by atoms with Crippen LogP contribution in [0.2, 0.25) is 0 Å². The van der Waals surface area contributed by atoms with Crippen molar-refractivity contribution in [2.75, 3.05) is 0 Å². The Balaban J connectivity index is -0.00000264. The number of rotatable bonds is 17. The molecule has 0 aromatic carbocycles. The summed E-state index contributed by atoms with van der Waals surface area (Å²) in [5.41, 5.74) is -0.172. The predicted octanol–water partition coefficient (Wildman–Crippen LogP) is -2.71. The van der Waals surface area contributed by atoms with Crippen LogP contribution in [0, 0.1) is 0 Å². The van der Waals surface area contributed by atoms with Gasteiger partial charge in [-0.2, -0.15) is 0 Å². The molecule has 0 radical (unpaired) electrons. The van der Waals surface area contributed by atoms with Gasteiger partial charge in [0.25, 0.3) is 0 Å². The number of carboxylic acids is 2. The molecule has 4 nitrogen and oxygen atoms in total. The summed E-state index contributed by atoms with van der Waals surface area (Å²) in [6.45, 7) is 2.24. The van der Waals surface area contributed by atoms with Gasteiger partial charge in [0.2, 0.25) is 0 Å². The fraction of sp³-hybridized carbons (Fsp3) is 0.800. The molecule has 0 amide bonds. The van der Waals surface area contributed by atoms with Crippen molar-refractivity contribution >= 4 is 11.9 Å². The topological polar surface area (TPSA) is 80.3 Å². The van der Waals surface area contributed by atoms with Crippen LogP contribution in [0.4, 0.5) is 0 Å². The Hall–Kier alpha value is 0.680. The van der Waals surface area contributed by atoms with Crippen molar-refractivity contribution < 1.29 is 78.9 Å². The number of carbonyl (C=O) groups is 2. The smallest absolute Gasteiger partial charge is 0.545 e. The van der Waals surface area contributed by atoms with E-state index in [-0.39, 0.29) is 71.1 Å². The van der Waals surface area contributed by atoms with Gasteiger partial charge in [-0.25, -0.2) is 0 Å². The van der Waals surface area contributed by atoms with Crippen LogP contribution in [0.25, 0.3) is 0 Å². The SMILES string of the molecule is CCCCCCCCCCCCCCCCC(=CC(=O)[O-])C(=O)[O-].[Na+].[Na+]. The van der Waals surface area contributed by atoms with Gasteiger partial charge in [0.15, 0.2) is 0 Å². The molecule has 0 rings (SSSR count). The summed E-state index contributed by atoms with van der Waals surface area (Å²) >= 11 is 0. The molecule has 0 atom stereocenters. The van der Waals surface area contributed by atoms with Gasteiger partial charge in [-0.1, -0.05) is 90.4 Å². The average molecular weight is 384 g/mol. The Labute approximate surface area is 204 Å². The molecule has 140 valence electrons. The number of hydrogen-bond donors (Lipinski definition) is 0. The quantitative estimate of drug-likeness (QED) is 0.155. The van der Waals surface area contributed by atoms with Crippen molar-refractivity contribution in [3.63, 3.8) is 0 Å². The van der Waals surface area contributed by atoms with Crippen molar-refractivity contribution in [1.29, 1.82) is 0 Å². The summed E-state index contributed by atoms with van der Waals surface area (Å²) in [4.78, 5) is 21.1. The molecule has 26 heavy (non-hydrogen) atoms. The minimum Gasteiger partial charge on any atom is -0.545 e. The first-order chi connectivity index (χ1) is 11.6. The van der Waals surface area contributed by atoms with Gasteiger partial charge >= 0.3 is 59.1 Å². The zero-order valence-electron chi connectivity index (χ0n) is 17.3. The standard InChI is InChI=1S/C20H36O4.2Na/c1-2-3-4-5-6-7-8-9-10-11-12-13-14-15-16-18(20(23)24)17-19(21)22;;/h17H,2-16H2,1H3,(H,21,22)(H,23,24);;/q;2*+1/p-2. The van der Waals surface area contributed by atoms with Gasteiger partial charge in [0.1, 0.15) is 0 Å². The third-order valence-electron chi connectivity index (χ3n) is 4.35. The molecular formula is C20H34Na2O4. The summed E-state index contributed by atoms with van der Waals surface area (Å²) in [7, 11) is 0. The van der Waals surface area contributed by atoms with Crippen LogP contribution in [-0.2, 0) is 9.59 Å². The van der Waals surface area contributed by atoms with E-state index < -0.39 is 11.9 Å². The summed E-state index contributed by atoms with van der Waals surface area (Å²) in [5, 5.41) is 21.1. The van der Waals surface area contributed by atoms with Crippen LogP contribution < -0.4 is 69.3 Å². The third-order valence-corrected chi connectivity index (χ3v) is 4.35. The van der Waals surface area contributed by atoms with E-state index >= 15 is 0 Å². The summed E-state index contributed by atoms with van der Waals surface area (Å²) in [5.74, 6) is -2.88. The first-order valence-electron chi connectivity index (χ1n) is 9.70. The van der Waals surface area contributed by atoms with E-state index in [2.05, 4.69) is 6.92 Å². The maximum atomic E-state index is 10.7. The average Bonchev–Trinajstić information content (AvgIpc) is 2.53. The Morgan fingerprint density at radius 2 is 1.00 bits per heavy atom. The van der Waals surface area contributed by atoms with Crippen molar-refractivity contribution in [3.8, 4) is 0 Å². The molecule has 0 bridgehead atoms. The van der Waals surface area contributed by atoms with Crippen LogP contribution in [-0.4, -0.2) is 11.9 Å². The Bertz CT molecular complexity index is 371. The molecule has 0 aromatic heterocycles. The summed E-state index contributed by atoms with van der Waals surface area (Å²) in [6, 6.07) is 0. The molecule has 0 aliphatic carbocycles. The molecule has 0 aliphatic rings. The van der Waals surface area contributed by atoms with E-state index in [4.69, 9.17) is 0 Å². The maximum absolute atomic E-state index is 10.7. The number of unbranched alkanes of at least 4 members (excludes halogenated alkanes) is 13. The zero-order valence-corrected chi connectivity index (χ0v) is 21.3. The van der Waals surface area contributed by atoms with Gasteiger partial charge in [-0.15, -0.1) is 0 Å². The van der Waals surface area contributed by atoms with Gasteiger partial charge in [-0.3, -0.25) is 0 Å². The minimum absolute atomic E-state index is 0. The fourth-order valence-electron chi connectivity index (χ4n) is 2.89. The third kappa shape index (κ3) is 22.7. The molecule has 0 saturated heterocycles. The molecule has 0 saturated carbocycles. The molecule has 0 fully saturated rings. The molecule has 0 unspecified atom stereocenters. The van der Waals surface area contributed by atoms with Crippen molar-refractivity contribution in [2.45, 2.75) is 103 Å². The molecule has 6 heteroatoms. The summed E-state index contributed by atoms with van der Waals surface area (Å²) < 4.78 is 0. The molecule has 0 N–H and O–H groups in total. The predicted molar refractivity (Wildman–Crippen MR) is 93.0 cm³/mol. The Morgan fingerprint density at radius 1 is 0.654 bits per heavy atom. The second kappa shape index (κ2) is 23.7. The van der Waals surface area contributed by atoms with E-state index in [1.807, 2.05) is 0 Å². The van der Waals surface area contributed by atoms with Crippen LogP contribution >= 0.6 is 0 Å². The number of carboxylic acid groups (broad SMARTS) is 2. The summed E-state index contributed by atoms with van der Waals surface area (Å²) in [6.07, 6.45) is 18.1. The Kier molecular flexibility index (Phi) is 28.6. The molecular weight excluding hydrogens is 350 g/mol. The van der Waals surface area contributed by atoms with Gasteiger partial charge in [0, 0.05) is 0 Å².